The Morgan fingerprint density at radius 3 is 2.50 bits per heavy atom. The van der Waals surface area contributed by atoms with E-state index >= 15 is 0 Å². The minimum absolute atomic E-state index is 0.0363. The Hall–Kier alpha value is -4.93. The van der Waals surface area contributed by atoms with Gasteiger partial charge in [-0.15, -0.1) is 0 Å². The summed E-state index contributed by atoms with van der Waals surface area (Å²) in [5, 5.41) is 22.9. The number of nitriles is 1. The number of rotatable bonds is 8. The van der Waals surface area contributed by atoms with Crippen LogP contribution < -0.4 is 5.32 Å². The van der Waals surface area contributed by atoms with Gasteiger partial charge in [-0.1, -0.05) is 61.3 Å². The third-order valence-electron chi connectivity index (χ3n) is 6.73. The lowest BCUT2D eigenvalue weighted by Crippen LogP contribution is -2.28. The van der Waals surface area contributed by atoms with Crippen molar-refractivity contribution in [3.63, 3.8) is 0 Å². The number of aromatic nitrogens is 2. The van der Waals surface area contributed by atoms with E-state index in [2.05, 4.69) is 21.4 Å². The molecule has 5 rings (SSSR count). The molecule has 1 unspecified atom stereocenters. The van der Waals surface area contributed by atoms with Crippen LogP contribution >= 0.6 is 11.6 Å². The zero-order valence-electron chi connectivity index (χ0n) is 21.6. The van der Waals surface area contributed by atoms with Gasteiger partial charge in [-0.25, -0.2) is 9.78 Å². The standard InChI is InChI=1S/C32H25ClN4O3/c1-2-6-27(20-7-4-3-5-8-20)37-31(38)21-10-12-23(26(16-21)32(39)40)25-17-22(33)11-13-24(25)30-35-28-14-9-19(18-34)15-29(28)36-30/h3-5,7-17,27H,2,6H2,1H3,(H,35,36)(H,37,38)(H,39,40). The summed E-state index contributed by atoms with van der Waals surface area (Å²) in [6.07, 6.45) is 1.62. The largest absolute Gasteiger partial charge is 0.478 e. The van der Waals surface area contributed by atoms with E-state index in [9.17, 15) is 20.0 Å². The maximum atomic E-state index is 13.3. The molecule has 0 bridgehead atoms. The van der Waals surface area contributed by atoms with Crippen LogP contribution in [0.15, 0.2) is 84.9 Å². The van der Waals surface area contributed by atoms with Gasteiger partial charge in [0.25, 0.3) is 5.91 Å². The molecule has 0 spiro atoms. The van der Waals surface area contributed by atoms with Crippen molar-refractivity contribution in [2.45, 2.75) is 25.8 Å². The predicted octanol–water partition coefficient (Wildman–Crippen LogP) is 7.39. The maximum Gasteiger partial charge on any atom is 0.336 e. The van der Waals surface area contributed by atoms with Gasteiger partial charge in [-0.2, -0.15) is 5.26 Å². The Morgan fingerprint density at radius 1 is 1.00 bits per heavy atom. The monoisotopic (exact) mass is 548 g/mol. The first-order chi connectivity index (χ1) is 19.4. The van der Waals surface area contributed by atoms with Gasteiger partial charge in [0, 0.05) is 16.1 Å². The lowest BCUT2D eigenvalue weighted by Gasteiger charge is -2.19. The van der Waals surface area contributed by atoms with Crippen LogP contribution in [0, 0.1) is 11.3 Å². The van der Waals surface area contributed by atoms with Crippen LogP contribution in [0.2, 0.25) is 5.02 Å². The highest BCUT2D eigenvalue weighted by Gasteiger charge is 2.21. The molecule has 8 heteroatoms. The zero-order valence-corrected chi connectivity index (χ0v) is 22.4. The quantitative estimate of drug-likeness (QED) is 0.187. The molecule has 7 nitrogen and oxygen atoms in total. The van der Waals surface area contributed by atoms with Crippen molar-refractivity contribution in [1.82, 2.24) is 15.3 Å². The van der Waals surface area contributed by atoms with E-state index in [-0.39, 0.29) is 23.1 Å². The highest BCUT2D eigenvalue weighted by molar-refractivity contribution is 6.31. The molecule has 0 aliphatic rings. The van der Waals surface area contributed by atoms with Gasteiger partial charge in [0.2, 0.25) is 0 Å². The number of halogens is 1. The van der Waals surface area contributed by atoms with Crippen LogP contribution in [0.1, 0.15) is 57.7 Å². The van der Waals surface area contributed by atoms with Crippen LogP contribution in [0.4, 0.5) is 0 Å². The predicted molar refractivity (Wildman–Crippen MR) is 155 cm³/mol. The summed E-state index contributed by atoms with van der Waals surface area (Å²) in [6, 6.07) is 26.5. The summed E-state index contributed by atoms with van der Waals surface area (Å²) in [5.74, 6) is -1.03. The van der Waals surface area contributed by atoms with Crippen LogP contribution in [0.5, 0.6) is 0 Å². The van der Waals surface area contributed by atoms with Crippen LogP contribution in [-0.4, -0.2) is 27.0 Å². The van der Waals surface area contributed by atoms with Gasteiger partial charge in [-0.05, 0) is 71.6 Å². The highest BCUT2D eigenvalue weighted by Crippen LogP contribution is 2.36. The van der Waals surface area contributed by atoms with E-state index in [4.69, 9.17) is 11.6 Å². The smallest absolute Gasteiger partial charge is 0.336 e. The molecule has 0 fully saturated rings. The molecule has 1 heterocycles. The third kappa shape index (κ3) is 5.44. The van der Waals surface area contributed by atoms with Gasteiger partial charge in [0.1, 0.15) is 5.82 Å². The van der Waals surface area contributed by atoms with E-state index < -0.39 is 5.97 Å². The molecule has 0 saturated heterocycles. The molecule has 5 aromatic rings. The summed E-state index contributed by atoms with van der Waals surface area (Å²) >= 11 is 6.35. The molecule has 0 saturated carbocycles. The molecule has 198 valence electrons. The van der Waals surface area contributed by atoms with Gasteiger partial charge < -0.3 is 15.4 Å². The first-order valence-corrected chi connectivity index (χ1v) is 13.2. The minimum atomic E-state index is -1.17. The molecule has 4 aromatic carbocycles. The molecule has 1 amide bonds. The lowest BCUT2D eigenvalue weighted by atomic mass is 9.93. The Morgan fingerprint density at radius 2 is 1.77 bits per heavy atom. The highest BCUT2D eigenvalue weighted by atomic mass is 35.5. The Balaban J connectivity index is 1.55. The average Bonchev–Trinajstić information content (AvgIpc) is 3.40. The number of aromatic amines is 1. The summed E-state index contributed by atoms with van der Waals surface area (Å²) < 4.78 is 0. The zero-order chi connectivity index (χ0) is 28.2. The summed E-state index contributed by atoms with van der Waals surface area (Å²) in [5.41, 5.74) is 4.61. The van der Waals surface area contributed by atoms with Gasteiger partial charge in [-0.3, -0.25) is 4.79 Å². The number of imidazole rings is 1. The average molecular weight is 549 g/mol. The van der Waals surface area contributed by atoms with Gasteiger partial charge >= 0.3 is 5.97 Å². The molecule has 0 aliphatic carbocycles. The number of hydrogen-bond acceptors (Lipinski definition) is 4. The number of carbonyl (C=O) groups excluding carboxylic acids is 1. The van der Waals surface area contributed by atoms with Crippen molar-refractivity contribution in [2.24, 2.45) is 0 Å². The second-order valence-electron chi connectivity index (χ2n) is 9.41. The van der Waals surface area contributed by atoms with Gasteiger partial charge in [0.05, 0.1) is 34.3 Å². The third-order valence-corrected chi connectivity index (χ3v) is 6.97. The molecule has 1 atom stereocenters. The normalized spacial score (nSPS) is 11.6. The van der Waals surface area contributed by atoms with Crippen LogP contribution in [0.3, 0.4) is 0 Å². The number of fused-ring (bicyclic) bond motifs is 1. The van der Waals surface area contributed by atoms with Crippen LogP contribution in [0.25, 0.3) is 33.5 Å². The second-order valence-corrected chi connectivity index (χ2v) is 9.85. The summed E-state index contributed by atoms with van der Waals surface area (Å²) in [4.78, 5) is 33.6. The topological polar surface area (TPSA) is 119 Å². The lowest BCUT2D eigenvalue weighted by molar-refractivity contribution is 0.0697. The second kappa shape index (κ2) is 11.4. The first kappa shape index (κ1) is 26.7. The number of amides is 1. The SMILES string of the molecule is CCCC(NC(=O)c1ccc(-c2cc(Cl)ccc2-c2nc3ccc(C#N)cc3[nH]2)c(C(=O)O)c1)c1ccccc1. The van der Waals surface area contributed by atoms with E-state index in [1.165, 1.54) is 6.07 Å². The van der Waals surface area contributed by atoms with Crippen molar-refractivity contribution in [3.05, 3.63) is 112 Å². The Kier molecular flexibility index (Phi) is 7.63. The van der Waals surface area contributed by atoms with E-state index in [1.807, 2.05) is 37.3 Å². The number of carboxylic acids is 1. The molecule has 40 heavy (non-hydrogen) atoms. The molecule has 1 aromatic heterocycles. The summed E-state index contributed by atoms with van der Waals surface area (Å²) in [7, 11) is 0. The fourth-order valence-corrected chi connectivity index (χ4v) is 4.96. The number of hydrogen-bond donors (Lipinski definition) is 3. The Labute approximate surface area is 236 Å². The number of benzene rings is 4. The molecule has 0 aliphatic heterocycles. The van der Waals surface area contributed by atoms with Crippen molar-refractivity contribution >= 4 is 34.5 Å². The van der Waals surface area contributed by atoms with Gasteiger partial charge in [0.15, 0.2) is 0 Å². The molecule has 0 radical (unpaired) electrons. The molecule has 3 N–H and O–H groups in total. The molecular weight excluding hydrogens is 524 g/mol. The van der Waals surface area contributed by atoms with Crippen molar-refractivity contribution in [1.29, 1.82) is 5.26 Å². The number of nitrogens with zero attached hydrogens (tertiary/aromatic N) is 2. The van der Waals surface area contributed by atoms with E-state index in [0.717, 1.165) is 18.4 Å². The van der Waals surface area contributed by atoms with E-state index in [0.29, 0.717) is 44.1 Å². The fraction of sp³-hybridized carbons (Fsp3) is 0.125. The number of carbonyl (C=O) groups is 2. The number of H-pyrrole nitrogens is 1. The minimum Gasteiger partial charge on any atom is -0.478 e. The van der Waals surface area contributed by atoms with Crippen molar-refractivity contribution < 1.29 is 14.7 Å². The van der Waals surface area contributed by atoms with Crippen LogP contribution in [-0.2, 0) is 0 Å². The van der Waals surface area contributed by atoms with E-state index in [1.54, 1.807) is 48.5 Å². The summed E-state index contributed by atoms with van der Waals surface area (Å²) in [6.45, 7) is 2.05. The number of aromatic carboxylic acids is 1. The number of carboxylic acid groups (broad SMARTS) is 1. The van der Waals surface area contributed by atoms with Crippen molar-refractivity contribution in [2.75, 3.05) is 0 Å². The first-order valence-electron chi connectivity index (χ1n) is 12.8. The maximum absolute atomic E-state index is 13.3. The fourth-order valence-electron chi connectivity index (χ4n) is 4.79. The van der Waals surface area contributed by atoms with Crippen molar-refractivity contribution in [3.8, 4) is 28.6 Å². The molecular formula is C32H25ClN4O3. The number of nitrogens with one attached hydrogen (secondary N) is 2. The Bertz CT molecular complexity index is 1770.